The van der Waals surface area contributed by atoms with Crippen molar-refractivity contribution in [2.75, 3.05) is 6.54 Å². The molecule has 0 saturated carbocycles. The Bertz CT molecular complexity index is 487. The van der Waals surface area contributed by atoms with E-state index in [4.69, 9.17) is 0 Å². The van der Waals surface area contributed by atoms with Gasteiger partial charge in [-0.05, 0) is 24.6 Å². The second-order valence-electron chi connectivity index (χ2n) is 3.71. The van der Waals surface area contributed by atoms with Crippen molar-refractivity contribution in [3.05, 3.63) is 29.5 Å². The molecule has 0 spiro atoms. The number of H-pyrrole nitrogens is 1. The summed E-state index contributed by atoms with van der Waals surface area (Å²) < 4.78 is 0. The van der Waals surface area contributed by atoms with E-state index in [9.17, 15) is 5.11 Å². The molecule has 3 rings (SSSR count). The largest absolute Gasteiger partial charge is 0.506 e. The normalized spacial score (nSPS) is 15.7. The molecule has 0 fully saturated rings. The molecular formula is C11H12N2O. The number of phenolic OH excluding ortho intramolecular Hbond substituents is 1. The molecule has 0 atom stereocenters. The van der Waals surface area contributed by atoms with Crippen molar-refractivity contribution in [2.24, 2.45) is 0 Å². The third-order valence-corrected chi connectivity index (χ3v) is 2.86. The van der Waals surface area contributed by atoms with Crippen LogP contribution in [0.3, 0.4) is 0 Å². The number of hydrogen-bond donors (Lipinski definition) is 3. The Kier molecular flexibility index (Phi) is 1.55. The third kappa shape index (κ3) is 0.960. The summed E-state index contributed by atoms with van der Waals surface area (Å²) >= 11 is 0. The van der Waals surface area contributed by atoms with Crippen LogP contribution in [0.2, 0.25) is 0 Å². The maximum atomic E-state index is 9.67. The number of rotatable bonds is 0. The Labute approximate surface area is 81.8 Å². The van der Waals surface area contributed by atoms with Crippen molar-refractivity contribution in [3.63, 3.8) is 0 Å². The van der Waals surface area contributed by atoms with Gasteiger partial charge in [-0.2, -0.15) is 0 Å². The summed E-state index contributed by atoms with van der Waals surface area (Å²) in [6.07, 6.45) is 1.04. The van der Waals surface area contributed by atoms with E-state index >= 15 is 0 Å². The van der Waals surface area contributed by atoms with Crippen LogP contribution in [0.25, 0.3) is 10.9 Å². The number of nitrogens with one attached hydrogen (secondary N) is 2. The van der Waals surface area contributed by atoms with Gasteiger partial charge in [0.25, 0.3) is 0 Å². The quantitative estimate of drug-likeness (QED) is 0.587. The van der Waals surface area contributed by atoms with Crippen LogP contribution in [0.15, 0.2) is 18.2 Å². The van der Waals surface area contributed by atoms with Crippen molar-refractivity contribution in [1.29, 1.82) is 0 Å². The lowest BCUT2D eigenvalue weighted by molar-refractivity contribution is 0.480. The Hall–Kier alpha value is -1.48. The van der Waals surface area contributed by atoms with Gasteiger partial charge >= 0.3 is 0 Å². The van der Waals surface area contributed by atoms with Crippen LogP contribution in [0.5, 0.6) is 5.75 Å². The van der Waals surface area contributed by atoms with E-state index in [1.807, 2.05) is 6.07 Å². The molecule has 2 heterocycles. The molecule has 3 heteroatoms. The molecule has 0 aliphatic carbocycles. The number of aromatic nitrogens is 1. The second kappa shape index (κ2) is 2.75. The first-order valence-corrected chi connectivity index (χ1v) is 4.88. The summed E-state index contributed by atoms with van der Waals surface area (Å²) in [5.41, 5.74) is 3.45. The zero-order valence-corrected chi connectivity index (χ0v) is 7.80. The first kappa shape index (κ1) is 7.88. The summed E-state index contributed by atoms with van der Waals surface area (Å²) in [7, 11) is 0. The van der Waals surface area contributed by atoms with Gasteiger partial charge in [-0.3, -0.25) is 0 Å². The Balaban J connectivity index is 2.36. The molecule has 1 aliphatic heterocycles. The van der Waals surface area contributed by atoms with Gasteiger partial charge in [0.15, 0.2) is 0 Å². The summed E-state index contributed by atoms with van der Waals surface area (Å²) in [5.74, 6) is 0.344. The van der Waals surface area contributed by atoms with Crippen LogP contribution in [0, 0.1) is 0 Å². The average molecular weight is 188 g/mol. The van der Waals surface area contributed by atoms with Crippen LogP contribution < -0.4 is 5.32 Å². The number of aromatic hydroxyl groups is 1. The molecule has 0 unspecified atom stereocenters. The topological polar surface area (TPSA) is 48.0 Å². The maximum absolute atomic E-state index is 9.67. The predicted molar refractivity (Wildman–Crippen MR) is 55.4 cm³/mol. The molecule has 0 bridgehead atoms. The van der Waals surface area contributed by atoms with E-state index in [-0.39, 0.29) is 0 Å². The van der Waals surface area contributed by atoms with Gasteiger partial charge in [0.1, 0.15) is 5.75 Å². The van der Waals surface area contributed by atoms with E-state index in [1.54, 1.807) is 6.07 Å². The van der Waals surface area contributed by atoms with Crippen LogP contribution >= 0.6 is 0 Å². The first-order valence-electron chi connectivity index (χ1n) is 4.88. The minimum atomic E-state index is 0.344. The lowest BCUT2D eigenvalue weighted by Crippen LogP contribution is -2.22. The van der Waals surface area contributed by atoms with Gasteiger partial charge in [0.05, 0.1) is 5.52 Å². The van der Waals surface area contributed by atoms with Crippen LogP contribution in [0.1, 0.15) is 11.3 Å². The van der Waals surface area contributed by atoms with Crippen molar-refractivity contribution >= 4 is 10.9 Å². The second-order valence-corrected chi connectivity index (χ2v) is 3.71. The highest BCUT2D eigenvalue weighted by Gasteiger charge is 2.15. The molecule has 3 N–H and O–H groups in total. The van der Waals surface area contributed by atoms with Crippen molar-refractivity contribution in [1.82, 2.24) is 10.3 Å². The monoisotopic (exact) mass is 188 g/mol. The van der Waals surface area contributed by atoms with Crippen LogP contribution in [-0.2, 0) is 13.0 Å². The van der Waals surface area contributed by atoms with Gasteiger partial charge in [0.2, 0.25) is 0 Å². The fourth-order valence-electron chi connectivity index (χ4n) is 2.18. The zero-order valence-electron chi connectivity index (χ0n) is 7.80. The van der Waals surface area contributed by atoms with Gasteiger partial charge in [-0.15, -0.1) is 0 Å². The Morgan fingerprint density at radius 1 is 1.29 bits per heavy atom. The highest BCUT2D eigenvalue weighted by molar-refractivity contribution is 5.89. The van der Waals surface area contributed by atoms with Gasteiger partial charge in [0, 0.05) is 17.6 Å². The van der Waals surface area contributed by atoms with Crippen molar-refractivity contribution in [2.45, 2.75) is 13.0 Å². The number of aromatic amines is 1. The smallest absolute Gasteiger partial charge is 0.139 e. The first-order chi connectivity index (χ1) is 6.86. The van der Waals surface area contributed by atoms with Gasteiger partial charge < -0.3 is 15.4 Å². The highest BCUT2D eigenvalue weighted by Crippen LogP contribution is 2.30. The molecule has 0 radical (unpaired) electrons. The lowest BCUT2D eigenvalue weighted by Gasteiger charge is -2.12. The van der Waals surface area contributed by atoms with Crippen LogP contribution in [-0.4, -0.2) is 16.6 Å². The number of fused-ring (bicyclic) bond motifs is 3. The minimum absolute atomic E-state index is 0.344. The lowest BCUT2D eigenvalue weighted by atomic mass is 10.0. The summed E-state index contributed by atoms with van der Waals surface area (Å²) in [4.78, 5) is 3.27. The Morgan fingerprint density at radius 2 is 2.21 bits per heavy atom. The molecule has 1 aromatic carbocycles. The van der Waals surface area contributed by atoms with Crippen molar-refractivity contribution in [3.8, 4) is 5.75 Å². The van der Waals surface area contributed by atoms with E-state index < -0.39 is 0 Å². The Morgan fingerprint density at radius 3 is 3.14 bits per heavy atom. The maximum Gasteiger partial charge on any atom is 0.139 e. The van der Waals surface area contributed by atoms with Gasteiger partial charge in [-0.1, -0.05) is 12.1 Å². The molecular weight excluding hydrogens is 176 g/mol. The number of hydrogen-bond acceptors (Lipinski definition) is 2. The average Bonchev–Trinajstić information content (AvgIpc) is 2.59. The molecule has 3 nitrogen and oxygen atoms in total. The fourth-order valence-corrected chi connectivity index (χ4v) is 2.18. The molecule has 14 heavy (non-hydrogen) atoms. The van der Waals surface area contributed by atoms with Gasteiger partial charge in [-0.25, -0.2) is 0 Å². The summed E-state index contributed by atoms with van der Waals surface area (Å²) in [6, 6.07) is 5.68. The van der Waals surface area contributed by atoms with E-state index in [1.165, 1.54) is 16.6 Å². The summed E-state index contributed by atoms with van der Waals surface area (Å²) in [6.45, 7) is 1.90. The predicted octanol–water partition coefficient (Wildman–Crippen LogP) is 1.52. The SMILES string of the molecule is Oc1cccc2c3c([nH]c12)CNCC3. The minimum Gasteiger partial charge on any atom is -0.506 e. The van der Waals surface area contributed by atoms with Crippen LogP contribution in [0.4, 0.5) is 0 Å². The summed E-state index contributed by atoms with van der Waals surface area (Å²) in [5, 5.41) is 14.1. The molecule has 0 saturated heterocycles. The molecule has 0 amide bonds. The fraction of sp³-hybridized carbons (Fsp3) is 0.273. The third-order valence-electron chi connectivity index (χ3n) is 2.86. The number of benzene rings is 1. The molecule has 72 valence electrons. The van der Waals surface area contributed by atoms with Crippen molar-refractivity contribution < 1.29 is 5.11 Å². The standard InChI is InChI=1S/C11H12N2O/c14-10-3-1-2-8-7-4-5-12-6-9(7)13-11(8)10/h1-3,12-14H,4-6H2. The molecule has 1 aliphatic rings. The number of para-hydroxylation sites is 1. The number of phenols is 1. The van der Waals surface area contributed by atoms with E-state index in [0.717, 1.165) is 25.0 Å². The highest BCUT2D eigenvalue weighted by atomic mass is 16.3. The van der Waals surface area contributed by atoms with E-state index in [0.29, 0.717) is 5.75 Å². The zero-order chi connectivity index (χ0) is 9.54. The van der Waals surface area contributed by atoms with E-state index in [2.05, 4.69) is 16.4 Å². The molecule has 2 aromatic rings. The molecule has 1 aromatic heterocycles.